The molecule has 1 heterocycles. The summed E-state index contributed by atoms with van der Waals surface area (Å²) in [6.45, 7) is 6.16. The molecule has 2 rings (SSSR count). The van der Waals surface area contributed by atoms with Crippen LogP contribution in [-0.2, 0) is 6.18 Å². The van der Waals surface area contributed by atoms with Crippen LogP contribution in [0.2, 0.25) is 0 Å². The fourth-order valence-electron chi connectivity index (χ4n) is 2.94. The summed E-state index contributed by atoms with van der Waals surface area (Å²) in [7, 11) is 0. The maximum atomic E-state index is 13.1. The maximum Gasteiger partial charge on any atom is 0.433 e. The first kappa shape index (κ1) is 23.0. The molecule has 0 aliphatic carbocycles. The number of nitrogens with zero attached hydrogens (tertiary/aromatic N) is 2. The van der Waals surface area contributed by atoms with Gasteiger partial charge in [-0.05, 0) is 43.5 Å². The summed E-state index contributed by atoms with van der Waals surface area (Å²) in [6.07, 6.45) is -2.78. The van der Waals surface area contributed by atoms with E-state index < -0.39 is 17.4 Å². The Kier molecular flexibility index (Phi) is 7.45. The number of rotatable bonds is 6. The van der Waals surface area contributed by atoms with Gasteiger partial charge in [-0.1, -0.05) is 19.9 Å². The molecule has 0 saturated heterocycles. The monoisotopic (exact) mass is 404 g/mol. The van der Waals surface area contributed by atoms with Gasteiger partial charge in [0.15, 0.2) is 0 Å². The minimum absolute atomic E-state index is 0. The van der Waals surface area contributed by atoms with Crippen molar-refractivity contribution in [3.05, 3.63) is 47.8 Å². The first-order valence-electron chi connectivity index (χ1n) is 8.30. The standard InChI is InChI=1S/C18H23F3N4O.ClH/c1-12(2)10-17(3,11-22)24-16(26)13-5-4-6-14(9-13)25-15(7-8-23-25)18(19,20)21;/h4-9,12H,10-11,22H2,1-3H3,(H,24,26);1H. The SMILES string of the molecule is CC(C)CC(C)(CN)NC(=O)c1cccc(-n2nccc2C(F)(F)F)c1.Cl. The van der Waals surface area contributed by atoms with Gasteiger partial charge in [0.1, 0.15) is 5.69 Å². The van der Waals surface area contributed by atoms with E-state index in [4.69, 9.17) is 5.73 Å². The van der Waals surface area contributed by atoms with Gasteiger partial charge >= 0.3 is 6.18 Å². The number of hydrogen-bond donors (Lipinski definition) is 2. The van der Waals surface area contributed by atoms with Gasteiger partial charge in [0.2, 0.25) is 0 Å². The van der Waals surface area contributed by atoms with E-state index in [0.29, 0.717) is 12.3 Å². The Morgan fingerprint density at radius 2 is 1.96 bits per heavy atom. The van der Waals surface area contributed by atoms with Crippen LogP contribution in [0.3, 0.4) is 0 Å². The summed E-state index contributed by atoms with van der Waals surface area (Å²) >= 11 is 0. The van der Waals surface area contributed by atoms with Crippen LogP contribution in [-0.4, -0.2) is 27.8 Å². The van der Waals surface area contributed by atoms with Gasteiger partial charge in [-0.3, -0.25) is 4.79 Å². The molecular formula is C18H24ClF3N4O. The Hall–Kier alpha value is -2.06. The molecule has 27 heavy (non-hydrogen) atoms. The summed E-state index contributed by atoms with van der Waals surface area (Å²) in [5.74, 6) is -0.0604. The number of nitrogens with one attached hydrogen (secondary N) is 1. The largest absolute Gasteiger partial charge is 0.433 e. The number of alkyl halides is 3. The molecular weight excluding hydrogens is 381 g/mol. The predicted octanol–water partition coefficient (Wildman–Crippen LogP) is 3.81. The minimum atomic E-state index is -4.54. The molecule has 5 nitrogen and oxygen atoms in total. The quantitative estimate of drug-likeness (QED) is 0.769. The molecule has 0 spiro atoms. The zero-order chi connectivity index (χ0) is 19.5. The van der Waals surface area contributed by atoms with E-state index in [0.717, 1.165) is 16.9 Å². The van der Waals surface area contributed by atoms with Gasteiger partial charge in [0.05, 0.1) is 11.9 Å². The second kappa shape index (κ2) is 8.75. The van der Waals surface area contributed by atoms with Crippen molar-refractivity contribution in [3.63, 3.8) is 0 Å². The van der Waals surface area contributed by atoms with Gasteiger partial charge in [0, 0.05) is 17.6 Å². The van der Waals surface area contributed by atoms with Crippen molar-refractivity contribution in [2.75, 3.05) is 6.54 Å². The van der Waals surface area contributed by atoms with Gasteiger partial charge in [-0.25, -0.2) is 4.68 Å². The van der Waals surface area contributed by atoms with Gasteiger partial charge in [-0.15, -0.1) is 12.4 Å². The summed E-state index contributed by atoms with van der Waals surface area (Å²) in [5.41, 5.74) is 4.71. The fourth-order valence-corrected chi connectivity index (χ4v) is 2.94. The average molecular weight is 405 g/mol. The van der Waals surface area contributed by atoms with Crippen molar-refractivity contribution in [1.82, 2.24) is 15.1 Å². The summed E-state index contributed by atoms with van der Waals surface area (Å²) < 4.78 is 40.0. The van der Waals surface area contributed by atoms with Crippen LogP contribution in [0.1, 0.15) is 43.2 Å². The summed E-state index contributed by atoms with van der Waals surface area (Å²) in [6, 6.07) is 6.80. The van der Waals surface area contributed by atoms with E-state index >= 15 is 0 Å². The van der Waals surface area contributed by atoms with E-state index in [1.165, 1.54) is 18.2 Å². The van der Waals surface area contributed by atoms with E-state index in [-0.39, 0.29) is 36.1 Å². The third kappa shape index (κ3) is 5.71. The molecule has 1 atom stereocenters. The molecule has 0 aliphatic rings. The second-order valence-corrected chi connectivity index (χ2v) is 6.99. The molecule has 0 radical (unpaired) electrons. The van der Waals surface area contributed by atoms with Crippen molar-refractivity contribution >= 4 is 18.3 Å². The van der Waals surface area contributed by atoms with E-state index in [2.05, 4.69) is 10.4 Å². The molecule has 0 aliphatic heterocycles. The number of nitrogens with two attached hydrogens (primary N) is 1. The Bertz CT molecular complexity index is 776. The topological polar surface area (TPSA) is 72.9 Å². The minimum Gasteiger partial charge on any atom is -0.346 e. The normalized spacial score (nSPS) is 13.8. The van der Waals surface area contributed by atoms with Crippen LogP contribution >= 0.6 is 12.4 Å². The second-order valence-electron chi connectivity index (χ2n) is 6.99. The number of carbonyl (C=O) groups is 1. The Morgan fingerprint density at radius 1 is 1.30 bits per heavy atom. The lowest BCUT2D eigenvalue weighted by Crippen LogP contribution is -2.52. The molecule has 9 heteroatoms. The van der Waals surface area contributed by atoms with E-state index in [1.54, 1.807) is 6.07 Å². The van der Waals surface area contributed by atoms with E-state index in [9.17, 15) is 18.0 Å². The number of halogens is 4. The zero-order valence-electron chi connectivity index (χ0n) is 15.4. The number of hydrogen-bond acceptors (Lipinski definition) is 3. The highest BCUT2D eigenvalue weighted by Gasteiger charge is 2.35. The number of amides is 1. The van der Waals surface area contributed by atoms with Gasteiger partial charge < -0.3 is 11.1 Å². The zero-order valence-corrected chi connectivity index (χ0v) is 16.2. The third-order valence-corrected chi connectivity index (χ3v) is 4.01. The highest BCUT2D eigenvalue weighted by molar-refractivity contribution is 5.95. The lowest BCUT2D eigenvalue weighted by molar-refractivity contribution is -0.142. The first-order chi connectivity index (χ1) is 12.1. The maximum absolute atomic E-state index is 13.1. The van der Waals surface area contributed by atoms with Crippen LogP contribution < -0.4 is 11.1 Å². The van der Waals surface area contributed by atoms with Crippen LogP contribution in [0.4, 0.5) is 13.2 Å². The Morgan fingerprint density at radius 3 is 2.52 bits per heavy atom. The Labute approximate surface area is 162 Å². The van der Waals surface area contributed by atoms with Crippen LogP contribution in [0, 0.1) is 5.92 Å². The van der Waals surface area contributed by atoms with Crippen molar-refractivity contribution in [1.29, 1.82) is 0 Å². The summed E-state index contributed by atoms with van der Waals surface area (Å²) in [5, 5.41) is 6.62. The van der Waals surface area contributed by atoms with Crippen LogP contribution in [0.15, 0.2) is 36.5 Å². The molecule has 1 aromatic heterocycles. The molecule has 3 N–H and O–H groups in total. The molecule has 1 amide bonds. The van der Waals surface area contributed by atoms with Crippen LogP contribution in [0.25, 0.3) is 5.69 Å². The third-order valence-electron chi connectivity index (χ3n) is 4.01. The summed E-state index contributed by atoms with van der Waals surface area (Å²) in [4.78, 5) is 12.6. The first-order valence-corrected chi connectivity index (χ1v) is 8.30. The highest BCUT2D eigenvalue weighted by Crippen LogP contribution is 2.30. The van der Waals surface area contributed by atoms with Crippen molar-refractivity contribution in [3.8, 4) is 5.69 Å². The molecule has 150 valence electrons. The van der Waals surface area contributed by atoms with E-state index in [1.807, 2.05) is 20.8 Å². The predicted molar refractivity (Wildman–Crippen MR) is 100 cm³/mol. The lowest BCUT2D eigenvalue weighted by atomic mass is 9.90. The van der Waals surface area contributed by atoms with Crippen molar-refractivity contribution < 1.29 is 18.0 Å². The molecule has 0 fully saturated rings. The highest BCUT2D eigenvalue weighted by atomic mass is 35.5. The molecule has 0 bridgehead atoms. The number of benzene rings is 1. The lowest BCUT2D eigenvalue weighted by Gasteiger charge is -2.31. The van der Waals surface area contributed by atoms with Crippen molar-refractivity contribution in [2.45, 2.75) is 38.9 Å². The average Bonchev–Trinajstić information content (AvgIpc) is 3.04. The molecule has 1 unspecified atom stereocenters. The number of aromatic nitrogens is 2. The fraction of sp³-hybridized carbons (Fsp3) is 0.444. The van der Waals surface area contributed by atoms with Crippen molar-refractivity contribution in [2.24, 2.45) is 11.7 Å². The smallest absolute Gasteiger partial charge is 0.346 e. The van der Waals surface area contributed by atoms with Crippen LogP contribution in [0.5, 0.6) is 0 Å². The molecule has 0 saturated carbocycles. The van der Waals surface area contributed by atoms with Gasteiger partial charge in [-0.2, -0.15) is 18.3 Å². The van der Waals surface area contributed by atoms with Gasteiger partial charge in [0.25, 0.3) is 5.91 Å². The molecule has 1 aromatic carbocycles. The Balaban J connectivity index is 0.00000364. The number of carbonyl (C=O) groups excluding carboxylic acids is 1. The molecule has 2 aromatic rings.